The number of halogens is 2. The second-order valence-electron chi connectivity index (χ2n) is 6.29. The maximum absolute atomic E-state index is 12.9. The highest BCUT2D eigenvalue weighted by atomic mass is 19.3. The van der Waals surface area contributed by atoms with Crippen molar-refractivity contribution in [3.8, 4) is 0 Å². The number of nitrogens with one attached hydrogen (secondary N) is 1. The van der Waals surface area contributed by atoms with E-state index in [1.54, 1.807) is 0 Å². The number of hydrogen-bond donors (Lipinski definition) is 2. The van der Waals surface area contributed by atoms with Gasteiger partial charge in [-0.25, -0.2) is 8.78 Å². The Bertz CT molecular complexity index is 248. The number of rotatable bonds is 6. The molecule has 1 fully saturated rings. The van der Waals surface area contributed by atoms with Crippen LogP contribution >= 0.6 is 0 Å². The number of aliphatic hydroxyl groups excluding tert-OH is 1. The van der Waals surface area contributed by atoms with Crippen LogP contribution in [-0.2, 0) is 0 Å². The van der Waals surface area contributed by atoms with Crippen LogP contribution in [0.4, 0.5) is 8.78 Å². The van der Waals surface area contributed by atoms with E-state index >= 15 is 0 Å². The van der Waals surface area contributed by atoms with Crippen LogP contribution in [0.2, 0.25) is 0 Å². The quantitative estimate of drug-likeness (QED) is 0.771. The molecule has 0 aromatic rings. The molecule has 0 radical (unpaired) electrons. The van der Waals surface area contributed by atoms with Crippen LogP contribution < -0.4 is 5.32 Å². The van der Waals surface area contributed by atoms with Gasteiger partial charge in [-0.05, 0) is 37.0 Å². The first-order valence-electron chi connectivity index (χ1n) is 7.03. The summed E-state index contributed by atoms with van der Waals surface area (Å²) in [5.41, 5.74) is 0.361. The molecule has 2 nitrogen and oxygen atoms in total. The molecule has 0 aliphatic heterocycles. The predicted octanol–water partition coefficient (Wildman–Crippen LogP) is 3.20. The van der Waals surface area contributed by atoms with Crippen LogP contribution in [0.15, 0.2) is 0 Å². The molecule has 0 unspecified atom stereocenters. The van der Waals surface area contributed by atoms with Gasteiger partial charge in [-0.2, -0.15) is 0 Å². The minimum Gasteiger partial charge on any atom is -0.390 e. The molecule has 0 saturated heterocycles. The van der Waals surface area contributed by atoms with E-state index < -0.39 is 19.1 Å². The van der Waals surface area contributed by atoms with Crippen molar-refractivity contribution >= 4 is 0 Å². The lowest BCUT2D eigenvalue weighted by Crippen LogP contribution is -2.43. The topological polar surface area (TPSA) is 32.3 Å². The van der Waals surface area contributed by atoms with E-state index in [-0.39, 0.29) is 6.04 Å². The second-order valence-corrected chi connectivity index (χ2v) is 6.29. The molecule has 18 heavy (non-hydrogen) atoms. The van der Waals surface area contributed by atoms with E-state index in [0.29, 0.717) is 11.3 Å². The molecule has 0 aromatic carbocycles. The Kier molecular flexibility index (Phi) is 5.53. The lowest BCUT2D eigenvalue weighted by molar-refractivity contribution is -0.0505. The van der Waals surface area contributed by atoms with Gasteiger partial charge >= 0.3 is 0 Å². The average Bonchev–Trinajstić information content (AvgIpc) is 2.37. The van der Waals surface area contributed by atoms with Crippen molar-refractivity contribution in [2.75, 3.05) is 13.2 Å². The van der Waals surface area contributed by atoms with Crippen molar-refractivity contribution in [1.29, 1.82) is 0 Å². The van der Waals surface area contributed by atoms with Crippen LogP contribution in [-0.4, -0.2) is 30.2 Å². The third kappa shape index (κ3) is 4.47. The number of hydrogen-bond acceptors (Lipinski definition) is 2. The highest BCUT2D eigenvalue weighted by Gasteiger charge is 2.33. The molecule has 1 aliphatic carbocycles. The van der Waals surface area contributed by atoms with Gasteiger partial charge in [-0.15, -0.1) is 0 Å². The Labute approximate surface area is 109 Å². The summed E-state index contributed by atoms with van der Waals surface area (Å²) in [6.07, 6.45) is 5.33. The van der Waals surface area contributed by atoms with Crippen LogP contribution in [0.3, 0.4) is 0 Å². The maximum Gasteiger partial charge on any atom is 0.282 e. The van der Waals surface area contributed by atoms with Crippen LogP contribution in [0.1, 0.15) is 52.9 Å². The Balaban J connectivity index is 2.32. The van der Waals surface area contributed by atoms with Gasteiger partial charge in [0.1, 0.15) is 6.61 Å². The fraction of sp³-hybridized carbons (Fsp3) is 1.00. The van der Waals surface area contributed by atoms with Crippen molar-refractivity contribution in [2.24, 2.45) is 11.3 Å². The zero-order valence-electron chi connectivity index (χ0n) is 11.8. The molecule has 0 aromatic heterocycles. The first kappa shape index (κ1) is 15.8. The minimum atomic E-state index is -2.99. The zero-order chi connectivity index (χ0) is 13.8. The summed E-state index contributed by atoms with van der Waals surface area (Å²) in [6.45, 7) is 5.33. The lowest BCUT2D eigenvalue weighted by Gasteiger charge is -2.39. The smallest absolute Gasteiger partial charge is 0.282 e. The molecule has 0 heterocycles. The maximum atomic E-state index is 12.9. The highest BCUT2D eigenvalue weighted by molar-refractivity contribution is 4.85. The van der Waals surface area contributed by atoms with Gasteiger partial charge < -0.3 is 10.4 Å². The molecule has 108 valence electrons. The van der Waals surface area contributed by atoms with Gasteiger partial charge in [0.25, 0.3) is 5.92 Å². The SMILES string of the molecule is CCC(C)(C)C1CCC(NCC(F)(F)CO)CC1. The summed E-state index contributed by atoms with van der Waals surface area (Å²) in [6, 6.07) is 0.186. The van der Waals surface area contributed by atoms with Crippen molar-refractivity contribution < 1.29 is 13.9 Å². The zero-order valence-corrected chi connectivity index (χ0v) is 11.8. The first-order valence-corrected chi connectivity index (χ1v) is 7.03. The Morgan fingerprint density at radius 1 is 1.17 bits per heavy atom. The second kappa shape index (κ2) is 6.29. The van der Waals surface area contributed by atoms with Crippen LogP contribution in [0.5, 0.6) is 0 Å². The van der Waals surface area contributed by atoms with Crippen molar-refractivity contribution in [3.63, 3.8) is 0 Å². The molecular weight excluding hydrogens is 236 g/mol. The van der Waals surface area contributed by atoms with E-state index in [2.05, 4.69) is 26.1 Å². The lowest BCUT2D eigenvalue weighted by atomic mass is 9.69. The normalized spacial score (nSPS) is 26.3. The Hall–Kier alpha value is -0.220. The summed E-state index contributed by atoms with van der Waals surface area (Å²) in [5.74, 6) is -2.28. The molecule has 1 rings (SSSR count). The summed E-state index contributed by atoms with van der Waals surface area (Å²) < 4.78 is 25.8. The highest BCUT2D eigenvalue weighted by Crippen LogP contribution is 2.40. The molecule has 4 heteroatoms. The van der Waals surface area contributed by atoms with Crippen molar-refractivity contribution in [3.05, 3.63) is 0 Å². The molecule has 0 amide bonds. The van der Waals surface area contributed by atoms with Gasteiger partial charge in [-0.1, -0.05) is 27.2 Å². The van der Waals surface area contributed by atoms with Crippen LogP contribution in [0.25, 0.3) is 0 Å². The number of aliphatic hydroxyl groups is 1. The first-order chi connectivity index (χ1) is 8.30. The summed E-state index contributed by atoms with van der Waals surface area (Å²) in [4.78, 5) is 0. The predicted molar refractivity (Wildman–Crippen MR) is 69.9 cm³/mol. The van der Waals surface area contributed by atoms with Gasteiger partial charge in [0.2, 0.25) is 0 Å². The Morgan fingerprint density at radius 2 is 1.72 bits per heavy atom. The fourth-order valence-corrected chi connectivity index (χ4v) is 2.72. The summed E-state index contributed by atoms with van der Waals surface area (Å²) >= 11 is 0. The molecule has 1 aliphatic rings. The van der Waals surface area contributed by atoms with E-state index in [9.17, 15) is 8.78 Å². The Morgan fingerprint density at radius 3 is 2.17 bits per heavy atom. The summed E-state index contributed by atoms with van der Waals surface area (Å²) in [7, 11) is 0. The molecule has 2 N–H and O–H groups in total. The largest absolute Gasteiger partial charge is 0.390 e. The van der Waals surface area contributed by atoms with Gasteiger partial charge in [-0.3, -0.25) is 0 Å². The molecule has 0 atom stereocenters. The van der Waals surface area contributed by atoms with E-state index in [4.69, 9.17) is 5.11 Å². The van der Waals surface area contributed by atoms with Crippen molar-refractivity contribution in [2.45, 2.75) is 64.8 Å². The standard InChI is InChI=1S/C14H27F2NO/c1-4-13(2,3)11-5-7-12(8-6-11)17-9-14(15,16)10-18/h11-12,17-18H,4-10H2,1-3H3. The van der Waals surface area contributed by atoms with Crippen molar-refractivity contribution in [1.82, 2.24) is 5.32 Å². The summed E-state index contributed by atoms with van der Waals surface area (Å²) in [5, 5.41) is 11.4. The van der Waals surface area contributed by atoms with Gasteiger partial charge in [0, 0.05) is 6.04 Å². The van der Waals surface area contributed by atoms with E-state index in [0.717, 1.165) is 25.7 Å². The van der Waals surface area contributed by atoms with E-state index in [1.165, 1.54) is 6.42 Å². The third-order valence-electron chi connectivity index (χ3n) is 4.62. The number of alkyl halides is 2. The monoisotopic (exact) mass is 263 g/mol. The van der Waals surface area contributed by atoms with Crippen LogP contribution in [0, 0.1) is 11.3 Å². The molecule has 1 saturated carbocycles. The average molecular weight is 263 g/mol. The van der Waals surface area contributed by atoms with Gasteiger partial charge in [0.15, 0.2) is 0 Å². The van der Waals surface area contributed by atoms with E-state index in [1.807, 2.05) is 0 Å². The minimum absolute atomic E-state index is 0.186. The van der Waals surface area contributed by atoms with Gasteiger partial charge in [0.05, 0.1) is 6.54 Å². The molecule has 0 bridgehead atoms. The molecule has 0 spiro atoms. The fourth-order valence-electron chi connectivity index (χ4n) is 2.72. The third-order valence-corrected chi connectivity index (χ3v) is 4.62. The molecular formula is C14H27F2NO.